The smallest absolute Gasteiger partial charge is 0.244 e. The minimum atomic E-state index is -0.170. The van der Waals surface area contributed by atoms with Crippen LogP contribution in [0.5, 0.6) is 0 Å². The van der Waals surface area contributed by atoms with Crippen LogP contribution < -0.4 is 5.32 Å². The Bertz CT molecular complexity index is 404. The zero-order valence-corrected chi connectivity index (χ0v) is 11.1. The summed E-state index contributed by atoms with van der Waals surface area (Å²) >= 11 is 0. The van der Waals surface area contributed by atoms with E-state index in [1.165, 1.54) is 6.92 Å². The highest BCUT2D eigenvalue weighted by Gasteiger charge is 2.18. The van der Waals surface area contributed by atoms with Crippen LogP contribution in [-0.4, -0.2) is 29.3 Å². The molecule has 0 aliphatic rings. The molecule has 0 aliphatic heterocycles. The van der Waals surface area contributed by atoms with Crippen molar-refractivity contribution in [3.8, 4) is 0 Å². The maximum atomic E-state index is 11.8. The molecule has 0 saturated carbocycles. The number of para-hydroxylation sites is 1. The lowest BCUT2D eigenvalue weighted by molar-refractivity contribution is -0.134. The third-order valence-corrected chi connectivity index (χ3v) is 2.90. The van der Waals surface area contributed by atoms with Crippen LogP contribution in [0, 0.1) is 0 Å². The van der Waals surface area contributed by atoms with Crippen molar-refractivity contribution in [2.24, 2.45) is 0 Å². The van der Waals surface area contributed by atoms with Crippen LogP contribution in [0.25, 0.3) is 0 Å². The Morgan fingerprint density at radius 1 is 1.28 bits per heavy atom. The summed E-state index contributed by atoms with van der Waals surface area (Å²) in [6, 6.07) is 9.30. The molecule has 0 spiro atoms. The van der Waals surface area contributed by atoms with E-state index >= 15 is 0 Å². The molecule has 98 valence electrons. The molecule has 0 aliphatic carbocycles. The number of nitrogens with zero attached hydrogens (tertiary/aromatic N) is 1. The minimum absolute atomic E-state index is 0.0732. The lowest BCUT2D eigenvalue weighted by Gasteiger charge is -2.26. The molecule has 1 unspecified atom stereocenters. The van der Waals surface area contributed by atoms with Crippen molar-refractivity contribution < 1.29 is 9.59 Å². The molecule has 1 aromatic carbocycles. The SMILES string of the molecule is CCC(C)N(CC(=O)Nc1ccccc1)C(C)=O. The second kappa shape index (κ2) is 6.79. The van der Waals surface area contributed by atoms with Crippen molar-refractivity contribution in [3.63, 3.8) is 0 Å². The zero-order valence-electron chi connectivity index (χ0n) is 11.1. The van der Waals surface area contributed by atoms with Crippen LogP contribution in [0.4, 0.5) is 5.69 Å². The van der Waals surface area contributed by atoms with Crippen LogP contribution >= 0.6 is 0 Å². The van der Waals surface area contributed by atoms with Crippen LogP contribution in [0.2, 0.25) is 0 Å². The molecule has 0 bridgehead atoms. The fraction of sp³-hybridized carbons (Fsp3) is 0.429. The molecule has 2 amide bonds. The number of hydrogen-bond donors (Lipinski definition) is 1. The van der Waals surface area contributed by atoms with Gasteiger partial charge in [0.15, 0.2) is 0 Å². The highest BCUT2D eigenvalue weighted by atomic mass is 16.2. The average Bonchev–Trinajstić information content (AvgIpc) is 2.36. The Balaban J connectivity index is 2.60. The van der Waals surface area contributed by atoms with E-state index in [4.69, 9.17) is 0 Å². The number of rotatable bonds is 5. The summed E-state index contributed by atoms with van der Waals surface area (Å²) in [4.78, 5) is 24.9. The highest BCUT2D eigenvalue weighted by Crippen LogP contribution is 2.07. The summed E-state index contributed by atoms with van der Waals surface area (Å²) in [6.07, 6.45) is 0.832. The summed E-state index contributed by atoms with van der Waals surface area (Å²) in [7, 11) is 0. The van der Waals surface area contributed by atoms with E-state index in [0.717, 1.165) is 12.1 Å². The standard InChI is InChI=1S/C14H20N2O2/c1-4-11(2)16(12(3)17)10-14(18)15-13-8-6-5-7-9-13/h5-9,11H,4,10H2,1-3H3,(H,15,18). The molecule has 1 N–H and O–H groups in total. The number of carbonyl (C=O) groups is 2. The topological polar surface area (TPSA) is 49.4 Å². The number of carbonyl (C=O) groups excluding carboxylic acids is 2. The largest absolute Gasteiger partial charge is 0.331 e. The van der Waals surface area contributed by atoms with E-state index in [2.05, 4.69) is 5.32 Å². The van der Waals surface area contributed by atoms with Gasteiger partial charge >= 0.3 is 0 Å². The van der Waals surface area contributed by atoms with E-state index < -0.39 is 0 Å². The van der Waals surface area contributed by atoms with Crippen LogP contribution in [0.1, 0.15) is 27.2 Å². The lowest BCUT2D eigenvalue weighted by Crippen LogP contribution is -2.42. The Kier molecular flexibility index (Phi) is 5.36. The van der Waals surface area contributed by atoms with Crippen LogP contribution in [0.3, 0.4) is 0 Å². The van der Waals surface area contributed by atoms with Gasteiger partial charge < -0.3 is 10.2 Å². The molecular formula is C14H20N2O2. The second-order valence-electron chi connectivity index (χ2n) is 4.32. The maximum absolute atomic E-state index is 11.8. The van der Waals surface area contributed by atoms with Crippen molar-refractivity contribution in [1.29, 1.82) is 0 Å². The molecule has 0 aromatic heterocycles. The van der Waals surface area contributed by atoms with Gasteiger partial charge in [-0.05, 0) is 25.5 Å². The van der Waals surface area contributed by atoms with Gasteiger partial charge in [0.2, 0.25) is 11.8 Å². The van der Waals surface area contributed by atoms with Crippen molar-refractivity contribution in [3.05, 3.63) is 30.3 Å². The van der Waals surface area contributed by atoms with Gasteiger partial charge in [-0.25, -0.2) is 0 Å². The molecule has 1 atom stereocenters. The third-order valence-electron chi connectivity index (χ3n) is 2.90. The Morgan fingerprint density at radius 3 is 2.39 bits per heavy atom. The number of nitrogens with one attached hydrogen (secondary N) is 1. The number of anilines is 1. The minimum Gasteiger partial charge on any atom is -0.331 e. The molecule has 0 radical (unpaired) electrons. The molecule has 18 heavy (non-hydrogen) atoms. The van der Waals surface area contributed by atoms with Gasteiger partial charge in [0.25, 0.3) is 0 Å². The number of hydrogen-bond acceptors (Lipinski definition) is 2. The van der Waals surface area contributed by atoms with Crippen molar-refractivity contribution in [1.82, 2.24) is 4.90 Å². The lowest BCUT2D eigenvalue weighted by atomic mass is 10.2. The summed E-state index contributed by atoms with van der Waals surface area (Å²) in [5, 5.41) is 2.77. The predicted octanol–water partition coefficient (Wildman–Crippen LogP) is 2.27. The van der Waals surface area contributed by atoms with Gasteiger partial charge in [-0.1, -0.05) is 25.1 Å². The van der Waals surface area contributed by atoms with E-state index in [9.17, 15) is 9.59 Å². The Morgan fingerprint density at radius 2 is 1.89 bits per heavy atom. The number of benzene rings is 1. The molecular weight excluding hydrogens is 228 g/mol. The zero-order chi connectivity index (χ0) is 13.5. The van der Waals surface area contributed by atoms with Crippen LogP contribution in [0.15, 0.2) is 30.3 Å². The van der Waals surface area contributed by atoms with Crippen molar-refractivity contribution in [2.45, 2.75) is 33.2 Å². The maximum Gasteiger partial charge on any atom is 0.244 e. The summed E-state index contributed by atoms with van der Waals surface area (Å²) in [5.41, 5.74) is 0.746. The normalized spacial score (nSPS) is 11.7. The Hall–Kier alpha value is -1.84. The molecule has 1 rings (SSSR count). The average molecular weight is 248 g/mol. The molecule has 0 fully saturated rings. The molecule has 0 heterocycles. The van der Waals surface area contributed by atoms with Gasteiger partial charge in [0, 0.05) is 18.7 Å². The third kappa shape index (κ3) is 4.20. The van der Waals surface area contributed by atoms with Gasteiger partial charge in [-0.2, -0.15) is 0 Å². The van der Waals surface area contributed by atoms with E-state index in [-0.39, 0.29) is 24.4 Å². The fourth-order valence-electron chi connectivity index (χ4n) is 1.67. The van der Waals surface area contributed by atoms with Crippen molar-refractivity contribution in [2.75, 3.05) is 11.9 Å². The monoisotopic (exact) mass is 248 g/mol. The van der Waals surface area contributed by atoms with E-state index in [1.807, 2.05) is 44.2 Å². The predicted molar refractivity (Wildman–Crippen MR) is 72.2 cm³/mol. The molecule has 0 saturated heterocycles. The van der Waals surface area contributed by atoms with Gasteiger partial charge in [-0.15, -0.1) is 0 Å². The van der Waals surface area contributed by atoms with Gasteiger partial charge in [-0.3, -0.25) is 9.59 Å². The first-order chi connectivity index (χ1) is 8.54. The molecule has 1 aromatic rings. The van der Waals surface area contributed by atoms with E-state index in [1.54, 1.807) is 4.90 Å². The summed E-state index contributed by atoms with van der Waals surface area (Å²) in [6.45, 7) is 5.52. The van der Waals surface area contributed by atoms with Gasteiger partial charge in [0.05, 0.1) is 0 Å². The summed E-state index contributed by atoms with van der Waals surface area (Å²) < 4.78 is 0. The van der Waals surface area contributed by atoms with Gasteiger partial charge in [0.1, 0.15) is 6.54 Å². The first-order valence-corrected chi connectivity index (χ1v) is 6.16. The Labute approximate surface area is 108 Å². The quantitative estimate of drug-likeness (QED) is 0.869. The first-order valence-electron chi connectivity index (χ1n) is 6.16. The molecule has 4 heteroatoms. The highest BCUT2D eigenvalue weighted by molar-refractivity contribution is 5.94. The first kappa shape index (κ1) is 14.2. The fourth-order valence-corrected chi connectivity index (χ4v) is 1.67. The summed E-state index contributed by atoms with van der Waals surface area (Å²) in [5.74, 6) is -0.246. The van der Waals surface area contributed by atoms with E-state index in [0.29, 0.717) is 0 Å². The van der Waals surface area contributed by atoms with Crippen LogP contribution in [-0.2, 0) is 9.59 Å². The second-order valence-corrected chi connectivity index (χ2v) is 4.32. The molecule has 4 nitrogen and oxygen atoms in total. The van der Waals surface area contributed by atoms with Crippen molar-refractivity contribution >= 4 is 17.5 Å². The number of amides is 2.